The number of hydrogen-bond donors (Lipinski definition) is 5. The van der Waals surface area contributed by atoms with Crippen molar-refractivity contribution in [1.82, 2.24) is 20.3 Å². The smallest absolute Gasteiger partial charge is 0.322 e. The van der Waals surface area contributed by atoms with E-state index in [0.29, 0.717) is 12.8 Å². The summed E-state index contributed by atoms with van der Waals surface area (Å²) in [5.41, 5.74) is 1.74. The van der Waals surface area contributed by atoms with E-state index in [-0.39, 0.29) is 49.9 Å². The fourth-order valence-corrected chi connectivity index (χ4v) is 6.00. The van der Waals surface area contributed by atoms with Crippen LogP contribution in [0.5, 0.6) is 0 Å². The molecule has 0 spiro atoms. The van der Waals surface area contributed by atoms with Crippen molar-refractivity contribution < 1.29 is 33.0 Å². The van der Waals surface area contributed by atoms with Crippen LogP contribution in [0.4, 0.5) is 4.79 Å². The molecule has 0 saturated heterocycles. The third-order valence-corrected chi connectivity index (χ3v) is 8.20. The highest BCUT2D eigenvalue weighted by atomic mass is 32.2. The predicted molar refractivity (Wildman–Crippen MR) is 156 cm³/mol. The lowest BCUT2D eigenvalue weighted by Gasteiger charge is -2.29. The largest absolute Gasteiger partial charge is 0.480 e. The molecule has 2 rings (SSSR count). The molecule has 0 radical (unpaired) electrons. The number of carbonyl (C=O) groups is 3. The number of unbranched alkanes of at least 4 members (excludes halogenated alkanes) is 1. The Kier molecular flexibility index (Phi) is 13.7. The Hall–Kier alpha value is -3.48. The monoisotopic (exact) mass is 590 g/mol. The molecule has 41 heavy (non-hydrogen) atoms. The fourth-order valence-electron chi connectivity index (χ4n) is 4.22. The van der Waals surface area contributed by atoms with E-state index < -0.39 is 40.0 Å². The minimum Gasteiger partial charge on any atom is -0.480 e. The molecule has 12 heteroatoms. The van der Waals surface area contributed by atoms with Crippen LogP contribution < -0.4 is 16.0 Å². The van der Waals surface area contributed by atoms with Crippen molar-refractivity contribution in [2.45, 2.75) is 63.4 Å². The summed E-state index contributed by atoms with van der Waals surface area (Å²) in [6.07, 6.45) is 1.08. The van der Waals surface area contributed by atoms with Gasteiger partial charge in [-0.1, -0.05) is 61.9 Å². The maximum absolute atomic E-state index is 13.4. The topological polar surface area (TPSA) is 165 Å². The third kappa shape index (κ3) is 11.1. The molecular formula is C29H42N4O7S. The molecule has 0 fully saturated rings. The first-order valence-electron chi connectivity index (χ1n) is 13.7. The van der Waals surface area contributed by atoms with Gasteiger partial charge in [-0.3, -0.25) is 9.59 Å². The standard InChI is InChI=1S/C29H42N4O7S/c1-21(2)20-33(41(39,40)24-14-12-22(3)13-15-24)26(28(36)37)11-7-8-16-30-27(35)25(32-29(38)31-17-18-34)19-23-9-5-4-6-10-23/h4-6,9-10,12-15,21,25-26,34H,7-8,11,16-20H2,1-3H3,(H,30,35)(H,36,37)(H2,31,32,38)/t25-,26-/m0/s1. The van der Waals surface area contributed by atoms with Gasteiger partial charge >= 0.3 is 12.0 Å². The number of carboxylic acids is 1. The quantitative estimate of drug-likeness (QED) is 0.176. The van der Waals surface area contributed by atoms with E-state index in [1.807, 2.05) is 51.1 Å². The zero-order chi connectivity index (χ0) is 30.4. The van der Waals surface area contributed by atoms with Crippen LogP contribution in [0.1, 0.15) is 44.2 Å². The van der Waals surface area contributed by atoms with Crippen LogP contribution >= 0.6 is 0 Å². The van der Waals surface area contributed by atoms with Gasteiger partial charge in [-0.15, -0.1) is 0 Å². The van der Waals surface area contributed by atoms with Gasteiger partial charge in [0.1, 0.15) is 12.1 Å². The van der Waals surface area contributed by atoms with Crippen LogP contribution in [-0.2, 0) is 26.0 Å². The van der Waals surface area contributed by atoms with Crippen LogP contribution in [0.2, 0.25) is 0 Å². The number of nitrogens with one attached hydrogen (secondary N) is 3. The maximum atomic E-state index is 13.4. The highest BCUT2D eigenvalue weighted by molar-refractivity contribution is 7.89. The Morgan fingerprint density at radius 3 is 2.17 bits per heavy atom. The number of sulfonamides is 1. The zero-order valence-electron chi connectivity index (χ0n) is 23.9. The normalized spacial score (nSPS) is 13.0. The van der Waals surface area contributed by atoms with E-state index >= 15 is 0 Å². The van der Waals surface area contributed by atoms with E-state index in [0.717, 1.165) is 15.4 Å². The van der Waals surface area contributed by atoms with Gasteiger partial charge < -0.3 is 26.2 Å². The fraction of sp³-hybridized carbons (Fsp3) is 0.483. The number of benzene rings is 2. The number of urea groups is 1. The van der Waals surface area contributed by atoms with Gasteiger partial charge in [0.25, 0.3) is 0 Å². The summed E-state index contributed by atoms with van der Waals surface area (Å²) in [5, 5.41) is 26.8. The molecule has 0 aliphatic rings. The van der Waals surface area contributed by atoms with Gasteiger partial charge in [0, 0.05) is 26.1 Å². The Balaban J connectivity index is 2.03. The van der Waals surface area contributed by atoms with Crippen molar-refractivity contribution in [3.05, 3.63) is 65.7 Å². The summed E-state index contributed by atoms with van der Waals surface area (Å²) in [6, 6.07) is 12.8. The molecule has 0 aliphatic carbocycles. The summed E-state index contributed by atoms with van der Waals surface area (Å²) < 4.78 is 27.9. The molecule has 2 aromatic carbocycles. The van der Waals surface area contributed by atoms with Crippen molar-refractivity contribution in [2.24, 2.45) is 5.92 Å². The molecule has 0 saturated carbocycles. The summed E-state index contributed by atoms with van der Waals surface area (Å²) in [4.78, 5) is 37.3. The summed E-state index contributed by atoms with van der Waals surface area (Å²) >= 11 is 0. The van der Waals surface area contributed by atoms with Crippen molar-refractivity contribution in [2.75, 3.05) is 26.2 Å². The molecule has 0 aliphatic heterocycles. The first-order chi connectivity index (χ1) is 19.4. The molecule has 0 unspecified atom stereocenters. The molecule has 2 aromatic rings. The Morgan fingerprint density at radius 2 is 1.59 bits per heavy atom. The number of carboxylic acid groups (broad SMARTS) is 1. The van der Waals surface area contributed by atoms with Gasteiger partial charge in [-0.2, -0.15) is 4.31 Å². The van der Waals surface area contributed by atoms with Crippen LogP contribution in [0.25, 0.3) is 0 Å². The third-order valence-electron chi connectivity index (χ3n) is 6.31. The van der Waals surface area contributed by atoms with Crippen LogP contribution in [0.3, 0.4) is 0 Å². The van der Waals surface area contributed by atoms with Crippen molar-refractivity contribution >= 4 is 27.9 Å². The molecule has 0 bridgehead atoms. The number of aliphatic hydroxyl groups excluding tert-OH is 1. The van der Waals surface area contributed by atoms with Crippen LogP contribution in [0.15, 0.2) is 59.5 Å². The first kappa shape index (κ1) is 33.7. The van der Waals surface area contributed by atoms with E-state index in [9.17, 15) is 27.9 Å². The second kappa shape index (κ2) is 16.7. The van der Waals surface area contributed by atoms with Crippen molar-refractivity contribution in [1.29, 1.82) is 0 Å². The number of carbonyl (C=O) groups excluding carboxylic acids is 2. The molecule has 3 amide bonds. The first-order valence-corrected chi connectivity index (χ1v) is 15.2. The minimum atomic E-state index is -4.05. The second-order valence-electron chi connectivity index (χ2n) is 10.3. The van der Waals surface area contributed by atoms with Gasteiger partial charge in [-0.05, 0) is 49.8 Å². The number of nitrogens with zero attached hydrogens (tertiary/aromatic N) is 1. The van der Waals surface area contributed by atoms with Gasteiger partial charge in [0.05, 0.1) is 11.5 Å². The summed E-state index contributed by atoms with van der Waals surface area (Å²) in [5.74, 6) is -1.74. The lowest BCUT2D eigenvalue weighted by Crippen LogP contribution is -2.51. The van der Waals surface area contributed by atoms with Gasteiger partial charge in [-0.25, -0.2) is 13.2 Å². The number of amides is 3. The van der Waals surface area contributed by atoms with Gasteiger partial charge in [0.2, 0.25) is 15.9 Å². The van der Waals surface area contributed by atoms with Crippen molar-refractivity contribution in [3.8, 4) is 0 Å². The molecule has 2 atom stereocenters. The zero-order valence-corrected chi connectivity index (χ0v) is 24.7. The lowest BCUT2D eigenvalue weighted by atomic mass is 10.1. The number of aliphatic hydroxyl groups is 1. The SMILES string of the molecule is Cc1ccc(S(=O)(=O)N(CC(C)C)[C@@H](CCCCNC(=O)[C@H](Cc2ccccc2)NC(=O)NCCO)C(=O)O)cc1. The van der Waals surface area contributed by atoms with E-state index in [2.05, 4.69) is 16.0 Å². The minimum absolute atomic E-state index is 0.0437. The molecule has 11 nitrogen and oxygen atoms in total. The predicted octanol–water partition coefficient (Wildman–Crippen LogP) is 2.28. The average molecular weight is 591 g/mol. The molecule has 0 aromatic heterocycles. The molecular weight excluding hydrogens is 548 g/mol. The Morgan fingerprint density at radius 1 is 0.927 bits per heavy atom. The highest BCUT2D eigenvalue weighted by Gasteiger charge is 2.36. The molecule has 0 heterocycles. The van der Waals surface area contributed by atoms with Crippen LogP contribution in [-0.4, -0.2) is 79.2 Å². The van der Waals surface area contributed by atoms with Gasteiger partial charge in [0.15, 0.2) is 0 Å². The summed E-state index contributed by atoms with van der Waals surface area (Å²) in [6.45, 7) is 5.57. The van der Waals surface area contributed by atoms with E-state index in [1.165, 1.54) is 12.1 Å². The number of aliphatic carboxylic acids is 1. The second-order valence-corrected chi connectivity index (χ2v) is 12.2. The average Bonchev–Trinajstić information content (AvgIpc) is 2.92. The number of rotatable bonds is 17. The number of hydrogen-bond acceptors (Lipinski definition) is 6. The molecule has 5 N–H and O–H groups in total. The van der Waals surface area contributed by atoms with E-state index in [4.69, 9.17) is 5.11 Å². The highest BCUT2D eigenvalue weighted by Crippen LogP contribution is 2.23. The van der Waals surface area contributed by atoms with E-state index in [1.54, 1.807) is 12.1 Å². The van der Waals surface area contributed by atoms with Crippen LogP contribution in [0, 0.1) is 12.8 Å². The maximum Gasteiger partial charge on any atom is 0.322 e. The Bertz CT molecular complexity index is 1220. The molecule has 226 valence electrons. The summed E-state index contributed by atoms with van der Waals surface area (Å²) in [7, 11) is -4.05. The Labute approximate surface area is 242 Å². The van der Waals surface area contributed by atoms with Crippen molar-refractivity contribution in [3.63, 3.8) is 0 Å². The lowest BCUT2D eigenvalue weighted by molar-refractivity contribution is -0.142. The number of aryl methyl sites for hydroxylation is 1.